The first-order valence-corrected chi connectivity index (χ1v) is 10.3. The lowest BCUT2D eigenvalue weighted by atomic mass is 9.77. The molecule has 2 aromatic rings. The SMILES string of the molecule is O=C(c1ccncc1)N1CCCN(C(=O)C2(c3cccc(F)c3)CCCC2)CC1. The van der Waals surface area contributed by atoms with Crippen LogP contribution in [0.15, 0.2) is 48.8 Å². The fraction of sp³-hybridized carbons (Fsp3) is 0.435. The maximum absolute atomic E-state index is 13.9. The lowest BCUT2D eigenvalue weighted by molar-refractivity contribution is -0.137. The molecule has 1 aromatic heterocycles. The number of aromatic nitrogens is 1. The molecule has 29 heavy (non-hydrogen) atoms. The standard InChI is InChI=1S/C23H26FN3O2/c24-20-6-3-5-19(17-20)23(9-1-2-10-23)22(29)27-14-4-13-26(15-16-27)21(28)18-7-11-25-12-8-18/h3,5-8,11-12,17H,1-2,4,9-10,13-16H2. The summed E-state index contributed by atoms with van der Waals surface area (Å²) in [5.41, 5.74) is 0.771. The van der Waals surface area contributed by atoms with Crippen LogP contribution in [0.3, 0.4) is 0 Å². The van der Waals surface area contributed by atoms with Gasteiger partial charge in [0, 0.05) is 44.1 Å². The molecule has 6 heteroatoms. The van der Waals surface area contributed by atoms with Crippen molar-refractivity contribution in [1.82, 2.24) is 14.8 Å². The highest BCUT2D eigenvalue weighted by atomic mass is 19.1. The Bertz CT molecular complexity index is 881. The number of amides is 2. The molecule has 0 bridgehead atoms. The van der Waals surface area contributed by atoms with Gasteiger partial charge >= 0.3 is 0 Å². The Hall–Kier alpha value is -2.76. The van der Waals surface area contributed by atoms with Gasteiger partial charge in [-0.05, 0) is 49.1 Å². The molecule has 5 nitrogen and oxygen atoms in total. The Kier molecular flexibility index (Phi) is 5.60. The molecule has 2 fully saturated rings. The third-order valence-corrected chi connectivity index (χ3v) is 6.24. The molecule has 1 aliphatic carbocycles. The molecule has 2 heterocycles. The number of benzene rings is 1. The first-order valence-electron chi connectivity index (χ1n) is 10.3. The van der Waals surface area contributed by atoms with Crippen molar-refractivity contribution in [1.29, 1.82) is 0 Å². The van der Waals surface area contributed by atoms with Gasteiger partial charge < -0.3 is 9.80 Å². The van der Waals surface area contributed by atoms with E-state index in [1.54, 1.807) is 30.6 Å². The number of halogens is 1. The predicted molar refractivity (Wildman–Crippen MR) is 108 cm³/mol. The van der Waals surface area contributed by atoms with E-state index in [9.17, 15) is 14.0 Å². The van der Waals surface area contributed by atoms with E-state index in [0.29, 0.717) is 31.7 Å². The Morgan fingerprint density at radius 3 is 2.31 bits per heavy atom. The van der Waals surface area contributed by atoms with Crippen LogP contribution in [0.2, 0.25) is 0 Å². The van der Waals surface area contributed by atoms with E-state index < -0.39 is 5.41 Å². The van der Waals surface area contributed by atoms with E-state index in [1.807, 2.05) is 15.9 Å². The van der Waals surface area contributed by atoms with Crippen LogP contribution in [0.4, 0.5) is 4.39 Å². The largest absolute Gasteiger partial charge is 0.340 e. The summed E-state index contributed by atoms with van der Waals surface area (Å²) < 4.78 is 13.9. The minimum atomic E-state index is -0.633. The zero-order valence-electron chi connectivity index (χ0n) is 16.5. The minimum Gasteiger partial charge on any atom is -0.340 e. The summed E-state index contributed by atoms with van der Waals surface area (Å²) in [6.07, 6.45) is 7.43. The van der Waals surface area contributed by atoms with E-state index >= 15 is 0 Å². The average Bonchev–Trinajstić information content (AvgIpc) is 3.13. The van der Waals surface area contributed by atoms with Crippen molar-refractivity contribution in [3.05, 3.63) is 65.7 Å². The van der Waals surface area contributed by atoms with E-state index in [4.69, 9.17) is 0 Å². The van der Waals surface area contributed by atoms with Gasteiger partial charge in [-0.1, -0.05) is 25.0 Å². The normalized spacial score (nSPS) is 19.1. The molecule has 1 saturated heterocycles. The monoisotopic (exact) mass is 395 g/mol. The van der Waals surface area contributed by atoms with Crippen molar-refractivity contribution in [3.8, 4) is 0 Å². The number of hydrogen-bond donors (Lipinski definition) is 0. The van der Waals surface area contributed by atoms with Gasteiger partial charge in [0.15, 0.2) is 0 Å². The summed E-state index contributed by atoms with van der Waals surface area (Å²) in [6, 6.07) is 9.94. The second-order valence-electron chi connectivity index (χ2n) is 7.97. The molecular weight excluding hydrogens is 369 g/mol. The summed E-state index contributed by atoms with van der Waals surface area (Å²) in [5, 5.41) is 0. The van der Waals surface area contributed by atoms with E-state index in [2.05, 4.69) is 4.98 Å². The lowest BCUT2D eigenvalue weighted by Crippen LogP contribution is -2.47. The highest BCUT2D eigenvalue weighted by molar-refractivity contribution is 5.94. The molecule has 1 saturated carbocycles. The second-order valence-corrected chi connectivity index (χ2v) is 7.97. The smallest absolute Gasteiger partial charge is 0.254 e. The van der Waals surface area contributed by atoms with E-state index in [0.717, 1.165) is 37.7 Å². The van der Waals surface area contributed by atoms with Crippen LogP contribution < -0.4 is 0 Å². The van der Waals surface area contributed by atoms with Crippen LogP contribution >= 0.6 is 0 Å². The highest BCUT2D eigenvalue weighted by Gasteiger charge is 2.45. The number of hydrogen-bond acceptors (Lipinski definition) is 3. The zero-order chi connectivity index (χ0) is 20.3. The Balaban J connectivity index is 1.51. The van der Waals surface area contributed by atoms with E-state index in [-0.39, 0.29) is 17.6 Å². The summed E-state index contributed by atoms with van der Waals surface area (Å²) >= 11 is 0. The van der Waals surface area contributed by atoms with Crippen molar-refractivity contribution in [2.75, 3.05) is 26.2 Å². The molecular formula is C23H26FN3O2. The van der Waals surface area contributed by atoms with Crippen molar-refractivity contribution in [2.24, 2.45) is 0 Å². The Morgan fingerprint density at radius 1 is 0.897 bits per heavy atom. The van der Waals surface area contributed by atoms with Crippen LogP contribution in [0, 0.1) is 5.82 Å². The topological polar surface area (TPSA) is 53.5 Å². The third-order valence-electron chi connectivity index (χ3n) is 6.24. The molecule has 1 aliphatic heterocycles. The number of rotatable bonds is 3. The molecule has 1 aromatic carbocycles. The molecule has 152 valence electrons. The van der Waals surface area contributed by atoms with Gasteiger partial charge in [0.2, 0.25) is 5.91 Å². The fourth-order valence-corrected chi connectivity index (χ4v) is 4.69. The maximum atomic E-state index is 13.9. The molecule has 0 unspecified atom stereocenters. The number of carbonyl (C=O) groups excluding carboxylic acids is 2. The third kappa shape index (κ3) is 3.88. The quantitative estimate of drug-likeness (QED) is 0.800. The molecule has 2 amide bonds. The lowest BCUT2D eigenvalue weighted by Gasteiger charge is -2.34. The van der Waals surface area contributed by atoms with Crippen molar-refractivity contribution in [2.45, 2.75) is 37.5 Å². The van der Waals surface area contributed by atoms with Crippen LogP contribution in [0.5, 0.6) is 0 Å². The molecule has 0 atom stereocenters. The van der Waals surface area contributed by atoms with Gasteiger partial charge in [0.1, 0.15) is 5.82 Å². The summed E-state index contributed by atoms with van der Waals surface area (Å²) in [7, 11) is 0. The second kappa shape index (κ2) is 8.31. The summed E-state index contributed by atoms with van der Waals surface area (Å²) in [5.74, 6) is -0.243. The maximum Gasteiger partial charge on any atom is 0.254 e. The summed E-state index contributed by atoms with van der Waals surface area (Å²) in [6.45, 7) is 2.26. The van der Waals surface area contributed by atoms with Crippen molar-refractivity contribution in [3.63, 3.8) is 0 Å². The predicted octanol–water partition coefficient (Wildman–Crippen LogP) is 3.41. The first kappa shape index (κ1) is 19.6. The van der Waals surface area contributed by atoms with Crippen LogP contribution in [0.1, 0.15) is 48.0 Å². The van der Waals surface area contributed by atoms with Crippen molar-refractivity contribution >= 4 is 11.8 Å². The highest BCUT2D eigenvalue weighted by Crippen LogP contribution is 2.43. The van der Waals surface area contributed by atoms with Crippen molar-refractivity contribution < 1.29 is 14.0 Å². The van der Waals surface area contributed by atoms with Gasteiger partial charge in [0.05, 0.1) is 5.41 Å². The van der Waals surface area contributed by atoms with Gasteiger partial charge in [-0.2, -0.15) is 0 Å². The zero-order valence-corrected chi connectivity index (χ0v) is 16.5. The van der Waals surface area contributed by atoms with E-state index in [1.165, 1.54) is 12.1 Å². The Labute approximate surface area is 170 Å². The molecule has 0 radical (unpaired) electrons. The van der Waals surface area contributed by atoms with Gasteiger partial charge in [-0.15, -0.1) is 0 Å². The van der Waals surface area contributed by atoms with Gasteiger partial charge in [0.25, 0.3) is 5.91 Å². The van der Waals surface area contributed by atoms with Crippen LogP contribution in [0.25, 0.3) is 0 Å². The average molecular weight is 395 g/mol. The van der Waals surface area contributed by atoms with Gasteiger partial charge in [-0.25, -0.2) is 4.39 Å². The molecule has 2 aliphatic rings. The molecule has 4 rings (SSSR count). The molecule has 0 spiro atoms. The van der Waals surface area contributed by atoms with Gasteiger partial charge in [-0.3, -0.25) is 14.6 Å². The minimum absolute atomic E-state index is 0.0255. The van der Waals surface area contributed by atoms with Crippen LogP contribution in [-0.2, 0) is 10.2 Å². The number of carbonyl (C=O) groups is 2. The Morgan fingerprint density at radius 2 is 1.59 bits per heavy atom. The first-order chi connectivity index (χ1) is 14.1. The van der Waals surface area contributed by atoms with Crippen LogP contribution in [-0.4, -0.2) is 52.8 Å². The molecule has 0 N–H and O–H groups in total. The summed E-state index contributed by atoms with van der Waals surface area (Å²) in [4.78, 5) is 34.0. The number of nitrogens with zero attached hydrogens (tertiary/aromatic N) is 3. The fourth-order valence-electron chi connectivity index (χ4n) is 4.69. The number of pyridine rings is 1.